The number of nitrogens with zero attached hydrogens (tertiary/aromatic N) is 4. The van der Waals surface area contributed by atoms with Gasteiger partial charge in [-0.1, -0.05) is 64.1 Å². The molecule has 2 aliphatic heterocycles. The lowest BCUT2D eigenvalue weighted by Gasteiger charge is -2.25. The molecule has 4 aromatic rings. The zero-order chi connectivity index (χ0) is 30.6. The lowest BCUT2D eigenvalue weighted by molar-refractivity contribution is 0.0647. The van der Waals surface area contributed by atoms with E-state index in [2.05, 4.69) is 71.9 Å². The number of imide groups is 1. The van der Waals surface area contributed by atoms with Gasteiger partial charge in [-0.15, -0.1) is 0 Å². The monoisotopic (exact) mass is 574 g/mol. The van der Waals surface area contributed by atoms with Crippen molar-refractivity contribution in [1.29, 1.82) is 0 Å². The lowest BCUT2D eigenvalue weighted by atomic mass is 9.92. The van der Waals surface area contributed by atoms with Gasteiger partial charge in [0.15, 0.2) is 0 Å². The van der Waals surface area contributed by atoms with E-state index in [4.69, 9.17) is 4.99 Å². The quantitative estimate of drug-likeness (QED) is 0.255. The first-order valence-corrected chi connectivity index (χ1v) is 15.1. The highest BCUT2D eigenvalue weighted by atomic mass is 16.2. The molecule has 0 bridgehead atoms. The van der Waals surface area contributed by atoms with Gasteiger partial charge in [0.05, 0.1) is 22.5 Å². The predicted molar refractivity (Wildman–Crippen MR) is 169 cm³/mol. The largest absolute Gasteiger partial charge is 0.330 e. The van der Waals surface area contributed by atoms with Gasteiger partial charge in [0.25, 0.3) is 11.8 Å². The van der Waals surface area contributed by atoms with Crippen molar-refractivity contribution in [2.75, 3.05) is 6.54 Å². The number of aryl methyl sites for hydroxylation is 3. The summed E-state index contributed by atoms with van der Waals surface area (Å²) in [4.78, 5) is 47.1. The molecule has 1 aromatic heterocycles. The molecule has 43 heavy (non-hydrogen) atoms. The standard InChI is InChI=1S/C36H38N4O3/c1-21(2)26-12-9-13-27(22(3)4)33(26)37-32-20-31-30-19-24(6)23(5)18-25(30)14-15-38(31)36(43)39(32)16-17-40-34(41)28-10-7-8-11-29(28)35(40)42/h7-13,18-22H,14-17H2,1-6H3. The summed E-state index contributed by atoms with van der Waals surface area (Å²) in [6.07, 6.45) is 0.756. The number of rotatable bonds is 6. The Morgan fingerprint density at radius 3 is 1.95 bits per heavy atom. The summed E-state index contributed by atoms with van der Waals surface area (Å²) in [6.45, 7) is 13.6. The van der Waals surface area contributed by atoms with E-state index in [0.717, 1.165) is 34.5 Å². The fourth-order valence-electron chi connectivity index (χ4n) is 6.32. The molecule has 0 saturated heterocycles. The van der Waals surface area contributed by atoms with Gasteiger partial charge in [-0.05, 0) is 78.1 Å². The molecule has 220 valence electrons. The van der Waals surface area contributed by atoms with Gasteiger partial charge in [-0.3, -0.25) is 23.6 Å². The van der Waals surface area contributed by atoms with Crippen LogP contribution < -0.4 is 11.2 Å². The van der Waals surface area contributed by atoms with Crippen LogP contribution in [0.15, 0.2) is 70.5 Å². The number of hydrogen-bond donors (Lipinski definition) is 0. The van der Waals surface area contributed by atoms with Gasteiger partial charge < -0.3 is 0 Å². The molecular weight excluding hydrogens is 536 g/mol. The number of carbonyl (C=O) groups is 2. The van der Waals surface area contributed by atoms with E-state index < -0.39 is 0 Å². The zero-order valence-electron chi connectivity index (χ0n) is 25.8. The van der Waals surface area contributed by atoms with E-state index >= 15 is 0 Å². The first-order valence-electron chi connectivity index (χ1n) is 15.1. The van der Waals surface area contributed by atoms with Crippen LogP contribution >= 0.6 is 0 Å². The maximum absolute atomic E-state index is 14.3. The first kappa shape index (κ1) is 28.6. The Morgan fingerprint density at radius 2 is 1.35 bits per heavy atom. The van der Waals surface area contributed by atoms with Crippen LogP contribution in [0, 0.1) is 13.8 Å². The van der Waals surface area contributed by atoms with Crippen LogP contribution in [0.1, 0.15) is 88.1 Å². The number of amides is 2. The minimum atomic E-state index is -0.329. The minimum Gasteiger partial charge on any atom is -0.293 e. The molecule has 7 heteroatoms. The normalized spacial score (nSPS) is 14.5. The van der Waals surface area contributed by atoms with Crippen molar-refractivity contribution < 1.29 is 9.59 Å². The molecule has 0 N–H and O–H groups in total. The minimum absolute atomic E-state index is 0.0753. The van der Waals surface area contributed by atoms with Gasteiger partial charge in [-0.25, -0.2) is 9.79 Å². The number of aromatic nitrogens is 2. The summed E-state index contributed by atoms with van der Waals surface area (Å²) < 4.78 is 3.45. The van der Waals surface area contributed by atoms with Crippen LogP contribution in [0.3, 0.4) is 0 Å². The lowest BCUT2D eigenvalue weighted by Crippen LogP contribution is -2.45. The third-order valence-electron chi connectivity index (χ3n) is 8.89. The Balaban J connectivity index is 1.55. The average Bonchev–Trinajstić information content (AvgIpc) is 3.22. The van der Waals surface area contributed by atoms with E-state index in [1.165, 1.54) is 21.6 Å². The predicted octanol–water partition coefficient (Wildman–Crippen LogP) is 6.27. The highest BCUT2D eigenvalue weighted by molar-refractivity contribution is 6.21. The first-order chi connectivity index (χ1) is 20.6. The molecule has 3 heterocycles. The van der Waals surface area contributed by atoms with Crippen LogP contribution in [0.4, 0.5) is 5.69 Å². The second kappa shape index (κ2) is 11.0. The maximum Gasteiger partial charge on any atom is 0.330 e. The molecule has 2 aliphatic rings. The van der Waals surface area contributed by atoms with Crippen LogP contribution in [0.25, 0.3) is 11.3 Å². The Morgan fingerprint density at radius 1 is 0.744 bits per heavy atom. The highest BCUT2D eigenvalue weighted by Gasteiger charge is 2.35. The molecular formula is C36H38N4O3. The SMILES string of the molecule is Cc1cc2c(cc1C)-c1cc(=Nc3c(C(C)C)cccc3C(C)C)n(CCN3C(=O)c4ccccc4C3=O)c(=O)n1CC2. The van der Waals surface area contributed by atoms with Gasteiger partial charge in [0.1, 0.15) is 5.49 Å². The van der Waals surface area contributed by atoms with Crippen molar-refractivity contribution in [1.82, 2.24) is 14.0 Å². The fraction of sp³-hybridized carbons (Fsp3) is 0.333. The van der Waals surface area contributed by atoms with Crippen LogP contribution in [0.2, 0.25) is 0 Å². The third kappa shape index (κ3) is 4.86. The molecule has 0 unspecified atom stereocenters. The van der Waals surface area contributed by atoms with Crippen LogP contribution in [-0.2, 0) is 19.5 Å². The molecule has 0 radical (unpaired) electrons. The van der Waals surface area contributed by atoms with Crippen molar-refractivity contribution in [3.05, 3.63) is 116 Å². The van der Waals surface area contributed by atoms with E-state index in [-0.39, 0.29) is 42.4 Å². The number of hydrogen-bond acceptors (Lipinski definition) is 4. The zero-order valence-corrected chi connectivity index (χ0v) is 25.8. The Bertz CT molecular complexity index is 1860. The van der Waals surface area contributed by atoms with Gasteiger partial charge in [-0.2, -0.15) is 0 Å². The Hall–Kier alpha value is -4.52. The van der Waals surface area contributed by atoms with Crippen molar-refractivity contribution in [3.8, 4) is 11.3 Å². The molecule has 2 amide bonds. The molecule has 3 aromatic carbocycles. The molecule has 0 atom stereocenters. The van der Waals surface area contributed by atoms with Crippen molar-refractivity contribution in [2.45, 2.75) is 72.9 Å². The van der Waals surface area contributed by atoms with Crippen molar-refractivity contribution >= 4 is 17.5 Å². The molecule has 7 nitrogen and oxygen atoms in total. The van der Waals surface area contributed by atoms with E-state index in [0.29, 0.717) is 23.2 Å². The summed E-state index contributed by atoms with van der Waals surface area (Å²) in [5, 5.41) is 0. The fourth-order valence-corrected chi connectivity index (χ4v) is 6.32. The Kier molecular flexibility index (Phi) is 7.28. The van der Waals surface area contributed by atoms with E-state index in [1.807, 2.05) is 10.6 Å². The molecule has 0 spiro atoms. The third-order valence-corrected chi connectivity index (χ3v) is 8.89. The summed E-state index contributed by atoms with van der Waals surface area (Å²) in [6, 6.07) is 19.6. The topological polar surface area (TPSA) is 76.7 Å². The number of para-hydroxylation sites is 1. The van der Waals surface area contributed by atoms with Gasteiger partial charge in [0.2, 0.25) is 0 Å². The molecule has 0 saturated carbocycles. The Labute approximate surface area is 252 Å². The number of fused-ring (bicyclic) bond motifs is 4. The average molecular weight is 575 g/mol. The molecule has 6 rings (SSSR count). The van der Waals surface area contributed by atoms with Crippen LogP contribution in [-0.4, -0.2) is 32.4 Å². The maximum atomic E-state index is 14.3. The molecule has 0 aliphatic carbocycles. The van der Waals surface area contributed by atoms with E-state index in [9.17, 15) is 14.4 Å². The van der Waals surface area contributed by atoms with Gasteiger partial charge in [0, 0.05) is 31.3 Å². The molecule has 0 fully saturated rings. The summed E-state index contributed by atoms with van der Waals surface area (Å²) in [5.74, 6) is -0.196. The number of carbonyl (C=O) groups excluding carboxylic acids is 2. The van der Waals surface area contributed by atoms with Gasteiger partial charge >= 0.3 is 5.69 Å². The van der Waals surface area contributed by atoms with Crippen molar-refractivity contribution in [3.63, 3.8) is 0 Å². The van der Waals surface area contributed by atoms with Crippen LogP contribution in [0.5, 0.6) is 0 Å². The highest BCUT2D eigenvalue weighted by Crippen LogP contribution is 2.35. The van der Waals surface area contributed by atoms with E-state index in [1.54, 1.807) is 28.8 Å². The second-order valence-electron chi connectivity index (χ2n) is 12.3. The van der Waals surface area contributed by atoms with Crippen molar-refractivity contribution in [2.24, 2.45) is 4.99 Å². The summed E-state index contributed by atoms with van der Waals surface area (Å²) in [7, 11) is 0. The summed E-state index contributed by atoms with van der Waals surface area (Å²) in [5.41, 5.74) is 9.77. The second-order valence-corrected chi connectivity index (χ2v) is 12.3. The smallest absolute Gasteiger partial charge is 0.293 e. The number of benzene rings is 3. The summed E-state index contributed by atoms with van der Waals surface area (Å²) >= 11 is 0.